The lowest BCUT2D eigenvalue weighted by Gasteiger charge is -2.28. The average molecular weight is 214 g/mol. The van der Waals surface area contributed by atoms with Gasteiger partial charge in [0.1, 0.15) is 0 Å². The number of terminal acetylenes is 1. The van der Waals surface area contributed by atoms with Crippen molar-refractivity contribution in [3.63, 3.8) is 0 Å². The van der Waals surface area contributed by atoms with E-state index in [0.29, 0.717) is 5.92 Å². The quantitative estimate of drug-likeness (QED) is 0.493. The standard InChI is InChI=1S/C14H14O2/c1-3-13(16)11-8-10(2)14(9-11)6-4-12(15)5-7-14/h1,4-7,10-11H,8-9H2,2H3/t10-,11-/m0/s1. The second kappa shape index (κ2) is 3.75. The van der Waals surface area contributed by atoms with Gasteiger partial charge in [0.25, 0.3) is 0 Å². The van der Waals surface area contributed by atoms with E-state index < -0.39 is 0 Å². The molecule has 0 aromatic rings. The van der Waals surface area contributed by atoms with Crippen LogP contribution in [0.25, 0.3) is 0 Å². The topological polar surface area (TPSA) is 34.1 Å². The van der Waals surface area contributed by atoms with Crippen molar-refractivity contribution < 1.29 is 9.59 Å². The zero-order valence-corrected chi connectivity index (χ0v) is 9.27. The van der Waals surface area contributed by atoms with E-state index in [1.807, 2.05) is 12.2 Å². The van der Waals surface area contributed by atoms with Crippen molar-refractivity contribution in [1.29, 1.82) is 0 Å². The molecule has 2 atom stereocenters. The average Bonchev–Trinajstić information content (AvgIpc) is 2.60. The summed E-state index contributed by atoms with van der Waals surface area (Å²) in [5.74, 6) is 2.42. The molecule has 2 aliphatic carbocycles. The molecule has 0 heterocycles. The van der Waals surface area contributed by atoms with Gasteiger partial charge in [-0.2, -0.15) is 0 Å². The molecule has 2 nitrogen and oxygen atoms in total. The van der Waals surface area contributed by atoms with Gasteiger partial charge in [-0.05, 0) is 36.8 Å². The van der Waals surface area contributed by atoms with Crippen LogP contribution >= 0.6 is 0 Å². The Balaban J connectivity index is 2.23. The minimum Gasteiger partial charge on any atom is -0.290 e. The minimum atomic E-state index is -0.134. The van der Waals surface area contributed by atoms with Gasteiger partial charge < -0.3 is 0 Å². The lowest BCUT2D eigenvalue weighted by atomic mass is 9.76. The van der Waals surface area contributed by atoms with E-state index >= 15 is 0 Å². The van der Waals surface area contributed by atoms with Crippen LogP contribution in [-0.2, 0) is 9.59 Å². The minimum absolute atomic E-state index is 0.0181. The zero-order valence-electron chi connectivity index (χ0n) is 9.27. The summed E-state index contributed by atoms with van der Waals surface area (Å²) in [6, 6.07) is 0. The molecule has 82 valence electrons. The zero-order chi connectivity index (χ0) is 11.8. The van der Waals surface area contributed by atoms with Crippen molar-refractivity contribution in [3.8, 4) is 12.3 Å². The van der Waals surface area contributed by atoms with Crippen molar-refractivity contribution in [1.82, 2.24) is 0 Å². The van der Waals surface area contributed by atoms with Crippen LogP contribution in [0.4, 0.5) is 0 Å². The molecule has 0 aromatic carbocycles. The maximum absolute atomic E-state index is 11.5. The number of rotatable bonds is 1. The van der Waals surface area contributed by atoms with Crippen LogP contribution in [0.15, 0.2) is 24.3 Å². The van der Waals surface area contributed by atoms with Gasteiger partial charge in [0.15, 0.2) is 5.78 Å². The summed E-state index contributed by atoms with van der Waals surface area (Å²) < 4.78 is 0. The van der Waals surface area contributed by atoms with Crippen LogP contribution in [0.1, 0.15) is 19.8 Å². The molecule has 0 aromatic heterocycles. The number of carbonyl (C=O) groups is 2. The highest BCUT2D eigenvalue weighted by Crippen LogP contribution is 2.49. The smallest absolute Gasteiger partial charge is 0.208 e. The number of hydrogen-bond acceptors (Lipinski definition) is 2. The highest BCUT2D eigenvalue weighted by molar-refractivity contribution is 6.00. The predicted molar refractivity (Wildman–Crippen MR) is 61.4 cm³/mol. The molecular weight excluding hydrogens is 200 g/mol. The Labute approximate surface area is 95.4 Å². The summed E-state index contributed by atoms with van der Waals surface area (Å²) in [6.45, 7) is 2.11. The molecule has 0 unspecified atom stereocenters. The largest absolute Gasteiger partial charge is 0.290 e. The third-order valence-electron chi connectivity index (χ3n) is 3.78. The molecule has 0 aliphatic heterocycles. The van der Waals surface area contributed by atoms with Gasteiger partial charge in [0.2, 0.25) is 5.78 Å². The van der Waals surface area contributed by atoms with Gasteiger partial charge in [-0.1, -0.05) is 19.1 Å². The van der Waals surface area contributed by atoms with Crippen LogP contribution in [-0.4, -0.2) is 11.6 Å². The molecule has 0 N–H and O–H groups in total. The Kier molecular flexibility index (Phi) is 2.55. The van der Waals surface area contributed by atoms with Crippen molar-refractivity contribution in [2.75, 3.05) is 0 Å². The van der Waals surface area contributed by atoms with Crippen LogP contribution < -0.4 is 0 Å². The van der Waals surface area contributed by atoms with E-state index in [2.05, 4.69) is 12.8 Å². The monoisotopic (exact) mass is 214 g/mol. The molecule has 1 saturated carbocycles. The molecular formula is C14H14O2. The SMILES string of the molecule is C#CC(=O)[C@H]1C[C@H](C)C2(C=CC(=O)C=C2)C1. The molecule has 0 saturated heterocycles. The number of allylic oxidation sites excluding steroid dienone is 4. The van der Waals surface area contributed by atoms with E-state index in [0.717, 1.165) is 12.8 Å². The van der Waals surface area contributed by atoms with Gasteiger partial charge in [-0.25, -0.2) is 0 Å². The van der Waals surface area contributed by atoms with E-state index in [9.17, 15) is 9.59 Å². The van der Waals surface area contributed by atoms with Gasteiger partial charge in [0, 0.05) is 11.3 Å². The van der Waals surface area contributed by atoms with Crippen molar-refractivity contribution >= 4 is 11.6 Å². The molecule has 0 bridgehead atoms. The van der Waals surface area contributed by atoms with Crippen LogP contribution in [0.5, 0.6) is 0 Å². The summed E-state index contributed by atoms with van der Waals surface area (Å²) in [4.78, 5) is 22.6. The van der Waals surface area contributed by atoms with Gasteiger partial charge in [-0.15, -0.1) is 6.42 Å². The van der Waals surface area contributed by atoms with Gasteiger partial charge >= 0.3 is 0 Å². The lowest BCUT2D eigenvalue weighted by molar-refractivity contribution is -0.117. The Morgan fingerprint density at radius 1 is 1.50 bits per heavy atom. The Hall–Kier alpha value is -1.62. The molecule has 0 amide bonds. The number of carbonyl (C=O) groups excluding carboxylic acids is 2. The van der Waals surface area contributed by atoms with Gasteiger partial charge in [0.05, 0.1) is 0 Å². The van der Waals surface area contributed by atoms with E-state index in [-0.39, 0.29) is 22.9 Å². The summed E-state index contributed by atoms with van der Waals surface area (Å²) >= 11 is 0. The fraction of sp³-hybridized carbons (Fsp3) is 0.429. The first-order valence-corrected chi connectivity index (χ1v) is 5.50. The summed E-state index contributed by atoms with van der Waals surface area (Å²) in [7, 11) is 0. The molecule has 0 radical (unpaired) electrons. The second-order valence-electron chi connectivity index (χ2n) is 4.73. The third-order valence-corrected chi connectivity index (χ3v) is 3.78. The number of ketones is 2. The highest BCUT2D eigenvalue weighted by Gasteiger charge is 2.44. The number of hydrogen-bond donors (Lipinski definition) is 0. The first-order chi connectivity index (χ1) is 7.57. The summed E-state index contributed by atoms with van der Waals surface area (Å²) in [5, 5.41) is 0. The van der Waals surface area contributed by atoms with Crippen molar-refractivity contribution in [2.24, 2.45) is 17.3 Å². The fourth-order valence-electron chi connectivity index (χ4n) is 2.73. The summed E-state index contributed by atoms with van der Waals surface area (Å²) in [5.41, 5.74) is -0.134. The second-order valence-corrected chi connectivity index (χ2v) is 4.73. The molecule has 1 fully saturated rings. The first-order valence-electron chi connectivity index (χ1n) is 5.50. The number of Topliss-reactive ketones (excluding diaryl/α,β-unsaturated/α-hetero) is 1. The summed E-state index contributed by atoms with van der Waals surface area (Å²) in [6.07, 6.45) is 13.8. The van der Waals surface area contributed by atoms with Crippen LogP contribution in [0, 0.1) is 29.6 Å². The highest BCUT2D eigenvalue weighted by atomic mass is 16.1. The lowest BCUT2D eigenvalue weighted by Crippen LogP contribution is -2.21. The molecule has 2 aliphatic rings. The predicted octanol–water partition coefficient (Wildman–Crippen LogP) is 1.92. The first kappa shape index (κ1) is 10.9. The van der Waals surface area contributed by atoms with Crippen molar-refractivity contribution in [3.05, 3.63) is 24.3 Å². The molecule has 2 rings (SSSR count). The van der Waals surface area contributed by atoms with E-state index in [1.165, 1.54) is 0 Å². The van der Waals surface area contributed by atoms with Crippen LogP contribution in [0.2, 0.25) is 0 Å². The Bertz CT molecular complexity index is 418. The molecule has 2 heteroatoms. The van der Waals surface area contributed by atoms with Gasteiger partial charge in [-0.3, -0.25) is 9.59 Å². The van der Waals surface area contributed by atoms with E-state index in [4.69, 9.17) is 6.42 Å². The Morgan fingerprint density at radius 3 is 2.69 bits per heavy atom. The normalized spacial score (nSPS) is 30.6. The van der Waals surface area contributed by atoms with Crippen molar-refractivity contribution in [2.45, 2.75) is 19.8 Å². The molecule has 1 spiro atoms. The maximum atomic E-state index is 11.5. The Morgan fingerprint density at radius 2 is 2.12 bits per heavy atom. The van der Waals surface area contributed by atoms with E-state index in [1.54, 1.807) is 12.2 Å². The third kappa shape index (κ3) is 1.63. The fourth-order valence-corrected chi connectivity index (χ4v) is 2.73. The maximum Gasteiger partial charge on any atom is 0.208 e. The molecule has 16 heavy (non-hydrogen) atoms. The van der Waals surface area contributed by atoms with Crippen LogP contribution in [0.3, 0.4) is 0 Å².